The number of rotatable bonds is 3. The average molecular weight is 269 g/mol. The number of anilines is 1. The van der Waals surface area contributed by atoms with Gasteiger partial charge in [0.15, 0.2) is 11.6 Å². The quantitative estimate of drug-likeness (QED) is 0.666. The second-order valence-electron chi connectivity index (χ2n) is 4.56. The molecule has 0 unspecified atom stereocenters. The van der Waals surface area contributed by atoms with Crippen LogP contribution in [-0.2, 0) is 0 Å². The molecule has 0 saturated carbocycles. The Hall–Kier alpha value is -1.89. The van der Waals surface area contributed by atoms with E-state index in [9.17, 15) is 14.5 Å². The predicted molar refractivity (Wildman–Crippen MR) is 69.0 cm³/mol. The molecule has 6 nitrogen and oxygen atoms in total. The van der Waals surface area contributed by atoms with Crippen molar-refractivity contribution in [3.05, 3.63) is 28.1 Å². The third kappa shape index (κ3) is 2.76. The van der Waals surface area contributed by atoms with E-state index in [4.69, 9.17) is 10.5 Å². The number of methoxy groups -OCH3 is 1. The second-order valence-corrected chi connectivity index (χ2v) is 4.56. The first kappa shape index (κ1) is 13.5. The maximum Gasteiger partial charge on any atom is 0.295 e. The molecule has 0 amide bonds. The van der Waals surface area contributed by atoms with Crippen LogP contribution in [0.4, 0.5) is 15.8 Å². The summed E-state index contributed by atoms with van der Waals surface area (Å²) in [4.78, 5) is 12.3. The van der Waals surface area contributed by atoms with Gasteiger partial charge in [0.05, 0.1) is 18.1 Å². The van der Waals surface area contributed by atoms with Crippen LogP contribution >= 0.6 is 0 Å². The molecule has 0 bridgehead atoms. The number of nitro benzene ring substituents is 1. The van der Waals surface area contributed by atoms with Crippen molar-refractivity contribution >= 4 is 11.4 Å². The van der Waals surface area contributed by atoms with E-state index in [0.717, 1.165) is 18.9 Å². The maximum absolute atomic E-state index is 13.6. The highest BCUT2D eigenvalue weighted by Gasteiger charge is 2.26. The van der Waals surface area contributed by atoms with Gasteiger partial charge in [-0.25, -0.2) is 4.39 Å². The molecule has 1 saturated heterocycles. The van der Waals surface area contributed by atoms with Crippen molar-refractivity contribution in [2.75, 3.05) is 25.1 Å². The molecule has 1 fully saturated rings. The average Bonchev–Trinajstić information content (AvgIpc) is 2.39. The van der Waals surface area contributed by atoms with Crippen LogP contribution in [0.25, 0.3) is 0 Å². The first-order chi connectivity index (χ1) is 9.02. The molecule has 2 rings (SSSR count). The minimum absolute atomic E-state index is 0.00970. The lowest BCUT2D eigenvalue weighted by Gasteiger charge is -2.31. The molecule has 1 aromatic rings. The van der Waals surface area contributed by atoms with Gasteiger partial charge in [-0.2, -0.15) is 0 Å². The molecule has 0 radical (unpaired) electrons. The number of nitrogens with zero attached hydrogens (tertiary/aromatic N) is 2. The Labute approximate surface area is 110 Å². The van der Waals surface area contributed by atoms with Gasteiger partial charge in [-0.15, -0.1) is 0 Å². The number of halogens is 1. The third-order valence-electron chi connectivity index (χ3n) is 3.33. The smallest absolute Gasteiger partial charge is 0.295 e. The summed E-state index contributed by atoms with van der Waals surface area (Å²) in [5.74, 6) is -0.720. The molecule has 0 atom stereocenters. The minimum Gasteiger partial charge on any atom is -0.494 e. The van der Waals surface area contributed by atoms with Gasteiger partial charge in [0.2, 0.25) is 0 Å². The van der Waals surface area contributed by atoms with Crippen LogP contribution in [0.5, 0.6) is 5.75 Å². The molecule has 1 heterocycles. The van der Waals surface area contributed by atoms with Crippen molar-refractivity contribution < 1.29 is 14.1 Å². The molecule has 1 aliphatic rings. The molecule has 1 aromatic carbocycles. The van der Waals surface area contributed by atoms with E-state index in [-0.39, 0.29) is 17.5 Å². The fourth-order valence-electron chi connectivity index (χ4n) is 2.23. The van der Waals surface area contributed by atoms with E-state index in [1.807, 2.05) is 4.90 Å². The number of hydrogen-bond donors (Lipinski definition) is 1. The number of benzene rings is 1. The van der Waals surface area contributed by atoms with E-state index in [1.54, 1.807) is 0 Å². The molecule has 1 aliphatic heterocycles. The van der Waals surface area contributed by atoms with Crippen molar-refractivity contribution in [2.45, 2.75) is 18.9 Å². The molecule has 0 aliphatic carbocycles. The Morgan fingerprint density at radius 3 is 2.63 bits per heavy atom. The topological polar surface area (TPSA) is 81.6 Å². The number of piperidine rings is 1. The SMILES string of the molecule is COc1cc(N2CCC(N)CC2)c([N+](=O)[O-])cc1F. The van der Waals surface area contributed by atoms with E-state index in [1.165, 1.54) is 13.2 Å². The Morgan fingerprint density at radius 1 is 1.47 bits per heavy atom. The fraction of sp³-hybridized carbons (Fsp3) is 0.500. The van der Waals surface area contributed by atoms with Gasteiger partial charge >= 0.3 is 0 Å². The first-order valence-corrected chi connectivity index (χ1v) is 6.05. The van der Waals surface area contributed by atoms with Gasteiger partial charge in [-0.1, -0.05) is 0 Å². The Kier molecular flexibility index (Phi) is 3.84. The van der Waals surface area contributed by atoms with Crippen molar-refractivity contribution in [1.29, 1.82) is 0 Å². The monoisotopic (exact) mass is 269 g/mol. The summed E-state index contributed by atoms with van der Waals surface area (Å²) in [6.45, 7) is 1.24. The summed E-state index contributed by atoms with van der Waals surface area (Å²) < 4.78 is 18.4. The van der Waals surface area contributed by atoms with Crippen LogP contribution in [0.15, 0.2) is 12.1 Å². The lowest BCUT2D eigenvalue weighted by atomic mass is 10.0. The lowest BCUT2D eigenvalue weighted by molar-refractivity contribution is -0.384. The van der Waals surface area contributed by atoms with Crippen LogP contribution < -0.4 is 15.4 Å². The van der Waals surface area contributed by atoms with Gasteiger partial charge in [-0.3, -0.25) is 10.1 Å². The number of nitrogens with two attached hydrogens (primary N) is 1. The summed E-state index contributed by atoms with van der Waals surface area (Å²) in [6, 6.07) is 2.41. The molecule has 19 heavy (non-hydrogen) atoms. The van der Waals surface area contributed by atoms with Crippen LogP contribution in [0, 0.1) is 15.9 Å². The van der Waals surface area contributed by atoms with Gasteiger partial charge in [0, 0.05) is 25.2 Å². The van der Waals surface area contributed by atoms with Gasteiger partial charge < -0.3 is 15.4 Å². The maximum atomic E-state index is 13.6. The van der Waals surface area contributed by atoms with E-state index in [0.29, 0.717) is 18.8 Å². The summed E-state index contributed by atoms with van der Waals surface area (Å²) in [7, 11) is 1.33. The minimum atomic E-state index is -0.730. The van der Waals surface area contributed by atoms with Crippen LogP contribution in [0.2, 0.25) is 0 Å². The van der Waals surface area contributed by atoms with Crippen LogP contribution in [0.1, 0.15) is 12.8 Å². The molecule has 0 spiro atoms. The van der Waals surface area contributed by atoms with Crippen molar-refractivity contribution in [3.8, 4) is 5.75 Å². The van der Waals surface area contributed by atoms with Gasteiger partial charge in [0.1, 0.15) is 5.69 Å². The molecular weight excluding hydrogens is 253 g/mol. The Bertz CT molecular complexity index is 487. The number of nitro groups is 1. The van der Waals surface area contributed by atoms with E-state index < -0.39 is 10.7 Å². The summed E-state index contributed by atoms with van der Waals surface area (Å²) in [5.41, 5.74) is 5.95. The summed E-state index contributed by atoms with van der Waals surface area (Å²) >= 11 is 0. The normalized spacial score (nSPS) is 16.5. The highest BCUT2D eigenvalue weighted by Crippen LogP contribution is 2.35. The summed E-state index contributed by atoms with van der Waals surface area (Å²) in [5, 5.41) is 11.0. The Morgan fingerprint density at radius 2 is 2.11 bits per heavy atom. The van der Waals surface area contributed by atoms with Crippen LogP contribution in [-0.4, -0.2) is 31.2 Å². The van der Waals surface area contributed by atoms with Crippen molar-refractivity contribution in [3.63, 3.8) is 0 Å². The molecule has 104 valence electrons. The number of ether oxygens (including phenoxy) is 1. The zero-order valence-corrected chi connectivity index (χ0v) is 10.6. The third-order valence-corrected chi connectivity index (χ3v) is 3.33. The zero-order chi connectivity index (χ0) is 14.0. The molecule has 2 N–H and O–H groups in total. The van der Waals surface area contributed by atoms with Crippen LogP contribution in [0.3, 0.4) is 0 Å². The van der Waals surface area contributed by atoms with Gasteiger partial charge in [-0.05, 0) is 12.8 Å². The van der Waals surface area contributed by atoms with Crippen molar-refractivity contribution in [2.24, 2.45) is 5.73 Å². The highest BCUT2D eigenvalue weighted by molar-refractivity contribution is 5.66. The first-order valence-electron chi connectivity index (χ1n) is 6.05. The van der Waals surface area contributed by atoms with Gasteiger partial charge in [0.25, 0.3) is 5.69 Å². The van der Waals surface area contributed by atoms with E-state index in [2.05, 4.69) is 0 Å². The molecule has 0 aromatic heterocycles. The summed E-state index contributed by atoms with van der Waals surface area (Å²) in [6.07, 6.45) is 1.52. The molecular formula is C12H16FN3O3. The largest absolute Gasteiger partial charge is 0.494 e. The molecule has 7 heteroatoms. The lowest BCUT2D eigenvalue weighted by Crippen LogP contribution is -2.39. The predicted octanol–water partition coefficient (Wildman–Crippen LogP) is 1.67. The Balaban J connectivity index is 2.39. The zero-order valence-electron chi connectivity index (χ0n) is 10.6. The standard InChI is InChI=1S/C12H16FN3O3/c1-19-12-7-10(11(16(17)18)6-9(12)13)15-4-2-8(14)3-5-15/h6-8H,2-5,14H2,1H3. The second kappa shape index (κ2) is 5.40. The fourth-order valence-corrected chi connectivity index (χ4v) is 2.23. The van der Waals surface area contributed by atoms with E-state index >= 15 is 0 Å². The van der Waals surface area contributed by atoms with Crippen molar-refractivity contribution in [1.82, 2.24) is 0 Å². The number of hydrogen-bond acceptors (Lipinski definition) is 5. The highest BCUT2D eigenvalue weighted by atomic mass is 19.1.